The maximum atomic E-state index is 12.4. The summed E-state index contributed by atoms with van der Waals surface area (Å²) in [7, 11) is -1.97. The molecule has 0 radical (unpaired) electrons. The maximum absolute atomic E-state index is 12.4. The molecule has 1 amide bonds. The lowest BCUT2D eigenvalue weighted by molar-refractivity contribution is -0.120. The zero-order chi connectivity index (χ0) is 17.7. The SMILES string of the molecule is CCS(=O)(=O)N1CCC[C@@H](C(=O)Nc2ccc(C(=O)OC)cc2)C1. The number of carbonyl (C=O) groups is 2. The van der Waals surface area contributed by atoms with Gasteiger partial charge in [-0.3, -0.25) is 4.79 Å². The molecule has 1 aromatic carbocycles. The van der Waals surface area contributed by atoms with Crippen LogP contribution >= 0.6 is 0 Å². The van der Waals surface area contributed by atoms with Gasteiger partial charge in [-0.25, -0.2) is 17.5 Å². The van der Waals surface area contributed by atoms with E-state index in [-0.39, 0.29) is 24.1 Å². The van der Waals surface area contributed by atoms with Crippen LogP contribution in [-0.4, -0.2) is 50.6 Å². The van der Waals surface area contributed by atoms with Crippen LogP contribution in [0.25, 0.3) is 0 Å². The Morgan fingerprint density at radius 1 is 1.29 bits per heavy atom. The number of sulfonamides is 1. The summed E-state index contributed by atoms with van der Waals surface area (Å²) in [6.07, 6.45) is 1.32. The lowest BCUT2D eigenvalue weighted by Gasteiger charge is -2.30. The van der Waals surface area contributed by atoms with Crippen LogP contribution < -0.4 is 5.32 Å². The minimum atomic E-state index is -3.28. The van der Waals surface area contributed by atoms with Gasteiger partial charge in [-0.05, 0) is 44.0 Å². The number of nitrogens with one attached hydrogen (secondary N) is 1. The second-order valence-corrected chi connectivity index (χ2v) is 7.91. The van der Waals surface area contributed by atoms with Crippen LogP contribution in [0.3, 0.4) is 0 Å². The van der Waals surface area contributed by atoms with E-state index in [2.05, 4.69) is 10.1 Å². The van der Waals surface area contributed by atoms with Gasteiger partial charge >= 0.3 is 5.97 Å². The van der Waals surface area contributed by atoms with Crippen molar-refractivity contribution in [2.24, 2.45) is 5.92 Å². The molecule has 24 heavy (non-hydrogen) atoms. The van der Waals surface area contributed by atoms with E-state index in [1.165, 1.54) is 11.4 Å². The van der Waals surface area contributed by atoms with Crippen LogP contribution in [0.2, 0.25) is 0 Å². The van der Waals surface area contributed by atoms with Gasteiger partial charge in [0.15, 0.2) is 0 Å². The van der Waals surface area contributed by atoms with Gasteiger partial charge in [-0.1, -0.05) is 0 Å². The lowest BCUT2D eigenvalue weighted by atomic mass is 9.98. The number of hydrogen-bond acceptors (Lipinski definition) is 5. The lowest BCUT2D eigenvalue weighted by Crippen LogP contribution is -2.44. The molecule has 0 aliphatic carbocycles. The Balaban J connectivity index is 2.00. The Hall–Kier alpha value is -1.93. The number of carbonyl (C=O) groups excluding carboxylic acids is 2. The number of amides is 1. The van der Waals surface area contributed by atoms with Crippen molar-refractivity contribution in [2.45, 2.75) is 19.8 Å². The van der Waals surface area contributed by atoms with E-state index in [1.54, 1.807) is 31.2 Å². The average Bonchev–Trinajstić information content (AvgIpc) is 2.61. The molecule has 1 heterocycles. The summed E-state index contributed by atoms with van der Waals surface area (Å²) in [4.78, 5) is 23.8. The van der Waals surface area contributed by atoms with Crippen molar-refractivity contribution >= 4 is 27.6 Å². The fourth-order valence-electron chi connectivity index (χ4n) is 2.64. The van der Waals surface area contributed by atoms with E-state index in [9.17, 15) is 18.0 Å². The molecule has 1 aliphatic rings. The Kier molecular flexibility index (Phi) is 5.95. The van der Waals surface area contributed by atoms with E-state index >= 15 is 0 Å². The fourth-order valence-corrected chi connectivity index (χ4v) is 3.82. The highest BCUT2D eigenvalue weighted by Gasteiger charge is 2.31. The summed E-state index contributed by atoms with van der Waals surface area (Å²) in [5.74, 6) is -0.992. The first kappa shape index (κ1) is 18.4. The monoisotopic (exact) mass is 354 g/mol. The van der Waals surface area contributed by atoms with Crippen molar-refractivity contribution in [1.82, 2.24) is 4.31 Å². The van der Waals surface area contributed by atoms with Gasteiger partial charge in [0.1, 0.15) is 0 Å². The Labute approximate surface area is 142 Å². The molecule has 7 nitrogen and oxygen atoms in total. The highest BCUT2D eigenvalue weighted by molar-refractivity contribution is 7.89. The predicted octanol–water partition coefficient (Wildman–Crippen LogP) is 1.47. The molecular formula is C16H22N2O5S. The summed E-state index contributed by atoms with van der Waals surface area (Å²) < 4.78 is 29.9. The van der Waals surface area contributed by atoms with Gasteiger partial charge in [-0.15, -0.1) is 0 Å². The molecule has 0 spiro atoms. The molecule has 0 unspecified atom stereocenters. The van der Waals surface area contributed by atoms with Gasteiger partial charge in [0.05, 0.1) is 24.3 Å². The Morgan fingerprint density at radius 3 is 2.54 bits per heavy atom. The van der Waals surface area contributed by atoms with Crippen molar-refractivity contribution in [3.05, 3.63) is 29.8 Å². The minimum Gasteiger partial charge on any atom is -0.465 e. The summed E-state index contributed by atoms with van der Waals surface area (Å²) in [5.41, 5.74) is 0.955. The van der Waals surface area contributed by atoms with Gasteiger partial charge < -0.3 is 10.1 Å². The number of rotatable bonds is 5. The second-order valence-electron chi connectivity index (χ2n) is 5.66. The predicted molar refractivity (Wildman–Crippen MR) is 90.2 cm³/mol. The smallest absolute Gasteiger partial charge is 0.337 e. The molecule has 1 saturated heterocycles. The summed E-state index contributed by atoms with van der Waals surface area (Å²) in [5, 5.41) is 2.77. The molecule has 1 fully saturated rings. The highest BCUT2D eigenvalue weighted by Crippen LogP contribution is 2.21. The summed E-state index contributed by atoms with van der Waals surface area (Å²) >= 11 is 0. The molecule has 8 heteroatoms. The first-order valence-corrected chi connectivity index (χ1v) is 9.45. The minimum absolute atomic E-state index is 0.0380. The number of methoxy groups -OCH3 is 1. The molecule has 0 aromatic heterocycles. The zero-order valence-electron chi connectivity index (χ0n) is 13.8. The molecule has 1 aliphatic heterocycles. The summed E-state index contributed by atoms with van der Waals surface area (Å²) in [6, 6.07) is 6.37. The maximum Gasteiger partial charge on any atom is 0.337 e. The standard InChI is InChI=1S/C16H22N2O5S/c1-3-24(21,22)18-10-4-5-13(11-18)15(19)17-14-8-6-12(7-9-14)16(20)23-2/h6-9,13H,3-5,10-11H2,1-2H3,(H,17,19)/t13-/m1/s1. The van der Waals surface area contributed by atoms with E-state index in [1.807, 2.05) is 0 Å². The quantitative estimate of drug-likeness (QED) is 0.809. The van der Waals surface area contributed by atoms with Gasteiger partial charge in [-0.2, -0.15) is 0 Å². The van der Waals surface area contributed by atoms with Gasteiger partial charge in [0.25, 0.3) is 0 Å². The van der Waals surface area contributed by atoms with E-state index in [0.29, 0.717) is 30.6 Å². The number of anilines is 1. The molecule has 2 rings (SSSR count). The third-order valence-corrected chi connectivity index (χ3v) is 5.93. The fraction of sp³-hybridized carbons (Fsp3) is 0.500. The Morgan fingerprint density at radius 2 is 1.96 bits per heavy atom. The second kappa shape index (κ2) is 7.76. The van der Waals surface area contributed by atoms with Crippen molar-refractivity contribution in [1.29, 1.82) is 0 Å². The van der Waals surface area contributed by atoms with Gasteiger partial charge in [0.2, 0.25) is 15.9 Å². The first-order valence-electron chi connectivity index (χ1n) is 7.84. The van der Waals surface area contributed by atoms with Crippen LogP contribution in [0.4, 0.5) is 5.69 Å². The van der Waals surface area contributed by atoms with Crippen LogP contribution in [0.15, 0.2) is 24.3 Å². The number of benzene rings is 1. The number of ether oxygens (including phenoxy) is 1. The van der Waals surface area contributed by atoms with Crippen LogP contribution in [0.5, 0.6) is 0 Å². The first-order chi connectivity index (χ1) is 11.4. The number of piperidine rings is 1. The summed E-state index contributed by atoms with van der Waals surface area (Å²) in [6.45, 7) is 2.28. The van der Waals surface area contributed by atoms with Crippen molar-refractivity contribution in [3.8, 4) is 0 Å². The average molecular weight is 354 g/mol. The molecule has 0 saturated carbocycles. The van der Waals surface area contributed by atoms with Crippen molar-refractivity contribution in [2.75, 3.05) is 31.3 Å². The number of nitrogens with zero attached hydrogens (tertiary/aromatic N) is 1. The molecule has 1 atom stereocenters. The topological polar surface area (TPSA) is 92.8 Å². The normalized spacial score (nSPS) is 18.8. The van der Waals surface area contributed by atoms with E-state index in [4.69, 9.17) is 0 Å². The van der Waals surface area contributed by atoms with Crippen LogP contribution in [0, 0.1) is 5.92 Å². The number of hydrogen-bond donors (Lipinski definition) is 1. The van der Waals surface area contributed by atoms with Crippen molar-refractivity contribution < 1.29 is 22.7 Å². The van der Waals surface area contributed by atoms with Crippen molar-refractivity contribution in [3.63, 3.8) is 0 Å². The number of esters is 1. The van der Waals surface area contributed by atoms with Gasteiger partial charge in [0, 0.05) is 18.8 Å². The molecule has 0 bridgehead atoms. The molecule has 132 valence electrons. The third-order valence-electron chi connectivity index (χ3n) is 4.09. The molecular weight excluding hydrogens is 332 g/mol. The van der Waals surface area contributed by atoms with Crippen LogP contribution in [0.1, 0.15) is 30.1 Å². The van der Waals surface area contributed by atoms with E-state index in [0.717, 1.165) is 0 Å². The largest absolute Gasteiger partial charge is 0.465 e. The Bertz CT molecular complexity index is 700. The van der Waals surface area contributed by atoms with E-state index < -0.39 is 16.0 Å². The third kappa shape index (κ3) is 4.33. The highest BCUT2D eigenvalue weighted by atomic mass is 32.2. The zero-order valence-corrected chi connectivity index (χ0v) is 14.6. The molecule has 1 aromatic rings. The molecule has 1 N–H and O–H groups in total. The van der Waals surface area contributed by atoms with Crippen LogP contribution in [-0.2, 0) is 19.6 Å².